The Hall–Kier alpha value is -1.10. The van der Waals surface area contributed by atoms with Gasteiger partial charge in [0.05, 0.1) is 15.4 Å². The predicted octanol–water partition coefficient (Wildman–Crippen LogP) is 4.87. The fraction of sp³-hybridized carbons (Fsp3) is 0.286. The van der Waals surface area contributed by atoms with Crippen molar-refractivity contribution in [3.8, 4) is 10.7 Å². The smallest absolute Gasteiger partial charge is 0.179 e. The summed E-state index contributed by atoms with van der Waals surface area (Å²) in [7, 11) is 0. The van der Waals surface area contributed by atoms with Crippen LogP contribution in [0.3, 0.4) is 0 Å². The van der Waals surface area contributed by atoms with Crippen LogP contribution in [-0.2, 0) is 12.8 Å². The number of aryl methyl sites for hydroxylation is 2. The SMILES string of the molecule is Clc1cc2[nH]c(-c3cc4c(s3)CCCC4)nc2nc1Cl. The third-order valence-electron chi connectivity index (χ3n) is 3.61. The van der Waals surface area contributed by atoms with Gasteiger partial charge in [-0.3, -0.25) is 0 Å². The summed E-state index contributed by atoms with van der Waals surface area (Å²) in [6.07, 6.45) is 4.95. The summed E-state index contributed by atoms with van der Waals surface area (Å²) in [5.41, 5.74) is 2.90. The number of aromatic amines is 1. The molecule has 1 N–H and O–H groups in total. The van der Waals surface area contributed by atoms with Crippen LogP contribution in [0.1, 0.15) is 23.3 Å². The molecule has 0 fully saturated rings. The molecular weight excluding hydrogens is 313 g/mol. The second-order valence-corrected chi connectivity index (χ2v) is 6.89. The summed E-state index contributed by atoms with van der Waals surface area (Å²) in [6.45, 7) is 0. The summed E-state index contributed by atoms with van der Waals surface area (Å²) in [6, 6.07) is 4.02. The lowest BCUT2D eigenvalue weighted by Gasteiger charge is -2.08. The third-order valence-corrected chi connectivity index (χ3v) is 5.53. The number of thiophene rings is 1. The molecule has 0 atom stereocenters. The fourth-order valence-corrected chi connectivity index (χ4v) is 4.10. The van der Waals surface area contributed by atoms with Crippen LogP contribution in [0.4, 0.5) is 0 Å². The number of pyridine rings is 1. The molecule has 102 valence electrons. The van der Waals surface area contributed by atoms with E-state index in [1.807, 2.05) is 11.3 Å². The van der Waals surface area contributed by atoms with Gasteiger partial charge < -0.3 is 4.98 Å². The molecule has 0 saturated heterocycles. The highest BCUT2D eigenvalue weighted by Gasteiger charge is 2.16. The predicted molar refractivity (Wildman–Crippen MR) is 83.9 cm³/mol. The summed E-state index contributed by atoms with van der Waals surface area (Å²) < 4.78 is 0. The Labute approximate surface area is 130 Å². The van der Waals surface area contributed by atoms with E-state index in [-0.39, 0.29) is 0 Å². The number of hydrogen-bond donors (Lipinski definition) is 1. The van der Waals surface area contributed by atoms with E-state index < -0.39 is 0 Å². The second-order valence-electron chi connectivity index (χ2n) is 4.98. The van der Waals surface area contributed by atoms with E-state index in [0.29, 0.717) is 15.8 Å². The lowest BCUT2D eigenvalue weighted by atomic mass is 9.99. The van der Waals surface area contributed by atoms with E-state index in [9.17, 15) is 0 Å². The zero-order chi connectivity index (χ0) is 13.7. The topological polar surface area (TPSA) is 41.6 Å². The number of nitrogens with zero attached hydrogens (tertiary/aromatic N) is 2. The van der Waals surface area contributed by atoms with Gasteiger partial charge in [-0.25, -0.2) is 9.97 Å². The van der Waals surface area contributed by atoms with Crippen LogP contribution in [0.15, 0.2) is 12.1 Å². The van der Waals surface area contributed by atoms with Gasteiger partial charge in [0.2, 0.25) is 0 Å². The molecule has 0 amide bonds. The van der Waals surface area contributed by atoms with Gasteiger partial charge in [0, 0.05) is 4.88 Å². The maximum absolute atomic E-state index is 5.99. The van der Waals surface area contributed by atoms with Gasteiger partial charge in [-0.2, -0.15) is 0 Å². The molecule has 1 aliphatic rings. The zero-order valence-corrected chi connectivity index (χ0v) is 12.9. The van der Waals surface area contributed by atoms with Crippen LogP contribution < -0.4 is 0 Å². The molecule has 0 aliphatic heterocycles. The molecule has 3 nitrogen and oxygen atoms in total. The van der Waals surface area contributed by atoms with Gasteiger partial charge >= 0.3 is 0 Å². The van der Waals surface area contributed by atoms with Gasteiger partial charge in [0.1, 0.15) is 5.15 Å². The molecule has 0 spiro atoms. The van der Waals surface area contributed by atoms with Crippen LogP contribution >= 0.6 is 34.5 Å². The first-order valence-electron chi connectivity index (χ1n) is 6.54. The largest absolute Gasteiger partial charge is 0.336 e. The molecule has 4 rings (SSSR count). The van der Waals surface area contributed by atoms with Crippen molar-refractivity contribution in [3.05, 3.63) is 32.7 Å². The van der Waals surface area contributed by atoms with E-state index >= 15 is 0 Å². The van der Waals surface area contributed by atoms with E-state index in [4.69, 9.17) is 23.2 Å². The molecule has 1 aliphatic carbocycles. The average Bonchev–Trinajstić information content (AvgIpc) is 3.02. The van der Waals surface area contributed by atoms with E-state index in [0.717, 1.165) is 11.3 Å². The zero-order valence-electron chi connectivity index (χ0n) is 10.5. The van der Waals surface area contributed by atoms with E-state index in [1.54, 1.807) is 6.07 Å². The monoisotopic (exact) mass is 323 g/mol. The fourth-order valence-electron chi connectivity index (χ4n) is 2.62. The molecule has 3 aromatic heterocycles. The van der Waals surface area contributed by atoms with Gasteiger partial charge in [-0.1, -0.05) is 23.2 Å². The quantitative estimate of drug-likeness (QED) is 0.649. The molecule has 3 aromatic rings. The molecule has 0 radical (unpaired) electrons. The summed E-state index contributed by atoms with van der Waals surface area (Å²) in [5.74, 6) is 0.852. The Kier molecular flexibility index (Phi) is 2.98. The first kappa shape index (κ1) is 12.6. The Bertz CT molecular complexity index is 744. The van der Waals surface area contributed by atoms with Crippen LogP contribution in [-0.4, -0.2) is 15.0 Å². The number of aromatic nitrogens is 3. The Morgan fingerprint density at radius 1 is 1.10 bits per heavy atom. The summed E-state index contributed by atoms with van der Waals surface area (Å²) in [5, 5.41) is 0.738. The Morgan fingerprint density at radius 3 is 2.80 bits per heavy atom. The van der Waals surface area contributed by atoms with Gasteiger partial charge in [0.15, 0.2) is 11.5 Å². The van der Waals surface area contributed by atoms with Gasteiger partial charge in [0.25, 0.3) is 0 Å². The molecular formula is C14H11Cl2N3S. The van der Waals surface area contributed by atoms with Crippen molar-refractivity contribution in [1.82, 2.24) is 15.0 Å². The number of hydrogen-bond acceptors (Lipinski definition) is 3. The number of rotatable bonds is 1. The summed E-state index contributed by atoms with van der Waals surface area (Å²) in [4.78, 5) is 14.7. The van der Waals surface area contributed by atoms with Crippen LogP contribution in [0, 0.1) is 0 Å². The Balaban J connectivity index is 1.83. The molecule has 20 heavy (non-hydrogen) atoms. The number of fused-ring (bicyclic) bond motifs is 2. The van der Waals surface area contributed by atoms with Gasteiger partial charge in [-0.05, 0) is 43.4 Å². The van der Waals surface area contributed by atoms with Crippen LogP contribution in [0.25, 0.3) is 21.9 Å². The molecule has 0 unspecified atom stereocenters. The normalized spacial score (nSPS) is 14.7. The molecule has 3 heterocycles. The standard InChI is InChI=1S/C14H11Cl2N3S/c15-8-6-9-13(18-12(8)16)19-14(17-9)11-5-7-3-1-2-4-10(7)20-11/h5-6H,1-4H2,(H,17,18,19). The van der Waals surface area contributed by atoms with Crippen molar-refractivity contribution in [1.29, 1.82) is 0 Å². The maximum Gasteiger partial charge on any atom is 0.179 e. The third kappa shape index (κ3) is 2.03. The highest BCUT2D eigenvalue weighted by Crippen LogP contribution is 2.35. The van der Waals surface area contributed by atoms with Crippen molar-refractivity contribution >= 4 is 45.7 Å². The Morgan fingerprint density at radius 2 is 1.95 bits per heavy atom. The van der Waals surface area contributed by atoms with Crippen molar-refractivity contribution in [2.24, 2.45) is 0 Å². The van der Waals surface area contributed by atoms with Crippen LogP contribution in [0.5, 0.6) is 0 Å². The van der Waals surface area contributed by atoms with Crippen molar-refractivity contribution in [3.63, 3.8) is 0 Å². The highest BCUT2D eigenvalue weighted by molar-refractivity contribution is 7.15. The minimum absolute atomic E-state index is 0.294. The minimum atomic E-state index is 0.294. The number of halogens is 2. The number of H-pyrrole nitrogens is 1. The number of imidazole rings is 1. The van der Waals surface area contributed by atoms with Crippen molar-refractivity contribution in [2.75, 3.05) is 0 Å². The maximum atomic E-state index is 5.99. The number of nitrogens with one attached hydrogen (secondary N) is 1. The molecule has 0 saturated carbocycles. The minimum Gasteiger partial charge on any atom is -0.336 e. The first-order valence-corrected chi connectivity index (χ1v) is 8.11. The summed E-state index contributed by atoms with van der Waals surface area (Å²) >= 11 is 13.7. The highest BCUT2D eigenvalue weighted by atomic mass is 35.5. The average molecular weight is 324 g/mol. The lowest BCUT2D eigenvalue weighted by molar-refractivity contribution is 0.697. The van der Waals surface area contributed by atoms with Crippen molar-refractivity contribution < 1.29 is 0 Å². The first-order chi connectivity index (χ1) is 9.70. The molecule has 6 heteroatoms. The van der Waals surface area contributed by atoms with Crippen LogP contribution in [0.2, 0.25) is 10.2 Å². The molecule has 0 aromatic carbocycles. The van der Waals surface area contributed by atoms with E-state index in [2.05, 4.69) is 21.0 Å². The lowest BCUT2D eigenvalue weighted by Crippen LogP contribution is -1.96. The second kappa shape index (κ2) is 4.72. The molecule has 0 bridgehead atoms. The van der Waals surface area contributed by atoms with E-state index in [1.165, 1.54) is 41.0 Å². The van der Waals surface area contributed by atoms with Gasteiger partial charge in [-0.15, -0.1) is 11.3 Å². The van der Waals surface area contributed by atoms with Crippen molar-refractivity contribution in [2.45, 2.75) is 25.7 Å².